The SMILES string of the molecule is Cc1ccc(C#N)cc1S(=O)(=O)NCC1(CCO)CC1. The minimum atomic E-state index is -3.62. The summed E-state index contributed by atoms with van der Waals surface area (Å²) in [5.74, 6) is 0. The van der Waals surface area contributed by atoms with Gasteiger partial charge in [-0.1, -0.05) is 6.07 Å². The lowest BCUT2D eigenvalue weighted by Crippen LogP contribution is -2.31. The number of aliphatic hydroxyl groups excluding tert-OH is 1. The summed E-state index contributed by atoms with van der Waals surface area (Å²) in [6, 6.07) is 6.57. The van der Waals surface area contributed by atoms with Gasteiger partial charge in [0.2, 0.25) is 10.0 Å². The minimum absolute atomic E-state index is 0.0741. The molecular formula is C14H18N2O3S. The van der Waals surface area contributed by atoms with E-state index in [2.05, 4.69) is 4.72 Å². The molecule has 5 nitrogen and oxygen atoms in total. The van der Waals surface area contributed by atoms with Crippen molar-refractivity contribution in [2.45, 2.75) is 31.1 Å². The molecule has 20 heavy (non-hydrogen) atoms. The molecule has 0 bridgehead atoms. The summed E-state index contributed by atoms with van der Waals surface area (Å²) >= 11 is 0. The first-order valence-electron chi connectivity index (χ1n) is 6.54. The predicted molar refractivity (Wildman–Crippen MR) is 74.5 cm³/mol. The molecule has 0 radical (unpaired) electrons. The van der Waals surface area contributed by atoms with Crippen molar-refractivity contribution in [3.8, 4) is 6.07 Å². The number of rotatable bonds is 6. The number of nitrogens with one attached hydrogen (secondary N) is 1. The quantitative estimate of drug-likeness (QED) is 0.827. The van der Waals surface area contributed by atoms with Gasteiger partial charge in [-0.3, -0.25) is 0 Å². The second kappa shape index (κ2) is 5.52. The number of aryl methyl sites for hydroxylation is 1. The number of nitrogens with zero attached hydrogens (tertiary/aromatic N) is 1. The molecule has 1 aromatic carbocycles. The lowest BCUT2D eigenvalue weighted by Gasteiger charge is -2.15. The minimum Gasteiger partial charge on any atom is -0.396 e. The Morgan fingerprint density at radius 2 is 2.15 bits per heavy atom. The van der Waals surface area contributed by atoms with Crippen LogP contribution in [-0.4, -0.2) is 26.7 Å². The van der Waals surface area contributed by atoms with Crippen molar-refractivity contribution in [2.75, 3.05) is 13.2 Å². The van der Waals surface area contributed by atoms with E-state index < -0.39 is 10.0 Å². The molecule has 0 atom stereocenters. The summed E-state index contributed by atoms with van der Waals surface area (Å²) in [5.41, 5.74) is 0.860. The van der Waals surface area contributed by atoms with Crippen molar-refractivity contribution in [3.05, 3.63) is 29.3 Å². The molecule has 6 heteroatoms. The van der Waals surface area contributed by atoms with E-state index in [-0.39, 0.29) is 16.9 Å². The zero-order chi connectivity index (χ0) is 14.8. The average molecular weight is 294 g/mol. The molecule has 1 aliphatic carbocycles. The van der Waals surface area contributed by atoms with Crippen LogP contribution >= 0.6 is 0 Å². The number of hydrogen-bond acceptors (Lipinski definition) is 4. The van der Waals surface area contributed by atoms with Crippen LogP contribution < -0.4 is 4.72 Å². The summed E-state index contributed by atoms with van der Waals surface area (Å²) in [5, 5.41) is 17.9. The van der Waals surface area contributed by atoms with Gasteiger partial charge >= 0.3 is 0 Å². The van der Waals surface area contributed by atoms with Crippen LogP contribution in [0.2, 0.25) is 0 Å². The van der Waals surface area contributed by atoms with Crippen molar-refractivity contribution in [1.29, 1.82) is 5.26 Å². The molecule has 0 heterocycles. The standard InChI is InChI=1S/C14H18N2O3S/c1-11-2-3-12(9-15)8-13(11)20(18,19)16-10-14(4-5-14)6-7-17/h2-3,8,16-17H,4-7,10H2,1H3. The molecule has 0 saturated heterocycles. The first-order chi connectivity index (χ1) is 9.42. The number of aliphatic hydroxyl groups is 1. The van der Waals surface area contributed by atoms with E-state index in [1.54, 1.807) is 19.1 Å². The first-order valence-corrected chi connectivity index (χ1v) is 8.02. The Morgan fingerprint density at radius 3 is 2.70 bits per heavy atom. The van der Waals surface area contributed by atoms with Crippen LogP contribution in [0, 0.1) is 23.7 Å². The van der Waals surface area contributed by atoms with Gasteiger partial charge in [0.15, 0.2) is 0 Å². The summed E-state index contributed by atoms with van der Waals surface area (Å²) in [7, 11) is -3.62. The maximum absolute atomic E-state index is 12.3. The van der Waals surface area contributed by atoms with E-state index in [4.69, 9.17) is 10.4 Å². The average Bonchev–Trinajstić information content (AvgIpc) is 3.18. The molecule has 1 saturated carbocycles. The Bertz CT molecular complexity index is 643. The van der Waals surface area contributed by atoms with Crippen LogP contribution in [0.5, 0.6) is 0 Å². The fraction of sp³-hybridized carbons (Fsp3) is 0.500. The molecule has 2 N–H and O–H groups in total. The third-order valence-electron chi connectivity index (χ3n) is 3.84. The van der Waals surface area contributed by atoms with Crippen LogP contribution in [0.25, 0.3) is 0 Å². The second-order valence-corrected chi connectivity index (χ2v) is 7.13. The predicted octanol–water partition coefficient (Wildman–Crippen LogP) is 1.31. The zero-order valence-corrected chi connectivity index (χ0v) is 12.2. The van der Waals surface area contributed by atoms with E-state index in [9.17, 15) is 8.42 Å². The van der Waals surface area contributed by atoms with Gasteiger partial charge in [0.1, 0.15) is 0 Å². The second-order valence-electron chi connectivity index (χ2n) is 5.39. The maximum Gasteiger partial charge on any atom is 0.240 e. The molecule has 2 rings (SSSR count). The molecule has 1 aromatic rings. The molecule has 0 aliphatic heterocycles. The maximum atomic E-state index is 12.3. The van der Waals surface area contributed by atoms with Gasteiger partial charge in [-0.25, -0.2) is 13.1 Å². The fourth-order valence-electron chi connectivity index (χ4n) is 2.21. The van der Waals surface area contributed by atoms with Crippen LogP contribution in [-0.2, 0) is 10.0 Å². The lowest BCUT2D eigenvalue weighted by atomic mass is 10.0. The summed E-state index contributed by atoms with van der Waals surface area (Å²) in [6.07, 6.45) is 2.49. The molecule has 0 spiro atoms. The van der Waals surface area contributed by atoms with Gasteiger partial charge < -0.3 is 5.11 Å². The Morgan fingerprint density at radius 1 is 1.45 bits per heavy atom. The topological polar surface area (TPSA) is 90.2 Å². The van der Waals surface area contributed by atoms with E-state index in [1.165, 1.54) is 6.07 Å². The smallest absolute Gasteiger partial charge is 0.240 e. The molecule has 1 aliphatic rings. The van der Waals surface area contributed by atoms with Gasteiger partial charge in [0, 0.05) is 13.2 Å². The van der Waals surface area contributed by atoms with E-state index >= 15 is 0 Å². The van der Waals surface area contributed by atoms with Gasteiger partial charge in [0.05, 0.1) is 16.5 Å². The van der Waals surface area contributed by atoms with Gasteiger partial charge in [-0.15, -0.1) is 0 Å². The normalized spacial score (nSPS) is 16.6. The third-order valence-corrected chi connectivity index (χ3v) is 5.39. The fourth-order valence-corrected chi connectivity index (χ4v) is 3.64. The van der Waals surface area contributed by atoms with Crippen LogP contribution in [0.4, 0.5) is 0 Å². The molecule has 108 valence electrons. The van der Waals surface area contributed by atoms with E-state index in [1.807, 2.05) is 6.07 Å². The van der Waals surface area contributed by atoms with Crippen LogP contribution in [0.15, 0.2) is 23.1 Å². The van der Waals surface area contributed by atoms with Crippen LogP contribution in [0.1, 0.15) is 30.4 Å². The zero-order valence-electron chi connectivity index (χ0n) is 11.4. The molecular weight excluding hydrogens is 276 g/mol. The Balaban J connectivity index is 2.17. The van der Waals surface area contributed by atoms with Crippen molar-refractivity contribution in [3.63, 3.8) is 0 Å². The van der Waals surface area contributed by atoms with E-state index in [0.717, 1.165) is 12.8 Å². The largest absolute Gasteiger partial charge is 0.396 e. The lowest BCUT2D eigenvalue weighted by molar-refractivity contribution is 0.249. The highest BCUT2D eigenvalue weighted by molar-refractivity contribution is 7.89. The highest BCUT2D eigenvalue weighted by atomic mass is 32.2. The summed E-state index contributed by atoms with van der Waals surface area (Å²) < 4.78 is 27.2. The summed E-state index contributed by atoms with van der Waals surface area (Å²) in [4.78, 5) is 0.149. The number of benzene rings is 1. The highest BCUT2D eigenvalue weighted by Crippen LogP contribution is 2.48. The highest BCUT2D eigenvalue weighted by Gasteiger charge is 2.42. The van der Waals surface area contributed by atoms with Crippen molar-refractivity contribution < 1.29 is 13.5 Å². The van der Waals surface area contributed by atoms with E-state index in [0.29, 0.717) is 24.1 Å². The Kier molecular flexibility index (Phi) is 4.14. The van der Waals surface area contributed by atoms with Crippen molar-refractivity contribution >= 4 is 10.0 Å². The molecule has 0 amide bonds. The monoisotopic (exact) mass is 294 g/mol. The van der Waals surface area contributed by atoms with Gasteiger partial charge in [-0.2, -0.15) is 5.26 Å². The third kappa shape index (κ3) is 3.18. The van der Waals surface area contributed by atoms with Gasteiger partial charge in [-0.05, 0) is 49.3 Å². The Hall–Kier alpha value is -1.42. The van der Waals surface area contributed by atoms with Gasteiger partial charge in [0.25, 0.3) is 0 Å². The van der Waals surface area contributed by atoms with Crippen LogP contribution in [0.3, 0.4) is 0 Å². The Labute approximate surface area is 119 Å². The summed E-state index contributed by atoms with van der Waals surface area (Å²) in [6.45, 7) is 2.12. The van der Waals surface area contributed by atoms with Crippen molar-refractivity contribution in [1.82, 2.24) is 4.72 Å². The van der Waals surface area contributed by atoms with Crippen molar-refractivity contribution in [2.24, 2.45) is 5.41 Å². The number of nitriles is 1. The first kappa shape index (κ1) is 15.0. The number of sulfonamides is 1. The molecule has 1 fully saturated rings. The number of hydrogen-bond donors (Lipinski definition) is 2. The molecule has 0 aromatic heterocycles. The molecule has 0 unspecified atom stereocenters.